The summed E-state index contributed by atoms with van der Waals surface area (Å²) in [5, 5.41) is 20.9. The zero-order valence-corrected chi connectivity index (χ0v) is 13.0. The molecule has 0 saturated carbocycles. The van der Waals surface area contributed by atoms with E-state index in [1.165, 1.54) is 12.1 Å². The number of aryl methyl sites for hydroxylation is 1. The molecular weight excluding hydrogens is 284 g/mol. The molecule has 6 nitrogen and oxygen atoms in total. The molecule has 1 aliphatic heterocycles. The Bertz CT molecular complexity index is 566. The van der Waals surface area contributed by atoms with Crippen LogP contribution >= 0.6 is 0 Å². The predicted molar refractivity (Wildman–Crippen MR) is 82.5 cm³/mol. The Morgan fingerprint density at radius 2 is 2.23 bits per heavy atom. The molecule has 0 unspecified atom stereocenters. The van der Waals surface area contributed by atoms with Crippen LogP contribution in [0.1, 0.15) is 38.7 Å². The number of likely N-dealkylation sites (tertiary alicyclic amines) is 1. The number of nitro benzene ring substituents is 1. The maximum absolute atomic E-state index is 12.4. The minimum atomic E-state index is -0.905. The van der Waals surface area contributed by atoms with Crippen LogP contribution < -0.4 is 0 Å². The van der Waals surface area contributed by atoms with Crippen LogP contribution in [-0.4, -0.2) is 39.0 Å². The van der Waals surface area contributed by atoms with E-state index in [0.717, 1.165) is 18.4 Å². The molecule has 1 atom stereocenters. The van der Waals surface area contributed by atoms with Crippen molar-refractivity contribution in [3.05, 3.63) is 39.9 Å². The van der Waals surface area contributed by atoms with Gasteiger partial charge in [0.15, 0.2) is 0 Å². The van der Waals surface area contributed by atoms with Crippen molar-refractivity contribution in [2.24, 2.45) is 0 Å². The molecule has 1 aliphatic rings. The van der Waals surface area contributed by atoms with E-state index in [0.29, 0.717) is 19.4 Å². The molecule has 120 valence electrons. The number of carbonyl (C=O) groups is 1. The lowest BCUT2D eigenvalue weighted by molar-refractivity contribution is -0.384. The molecule has 0 bridgehead atoms. The Kier molecular flexibility index (Phi) is 4.81. The Balaban J connectivity index is 1.98. The second-order valence-corrected chi connectivity index (χ2v) is 6.33. The maximum atomic E-state index is 12.4. The molecule has 1 aromatic carbocycles. The highest BCUT2D eigenvalue weighted by Gasteiger charge is 2.37. The highest BCUT2D eigenvalue weighted by atomic mass is 16.6. The number of nitrogens with zero attached hydrogens (tertiary/aromatic N) is 2. The van der Waals surface area contributed by atoms with E-state index in [4.69, 9.17) is 0 Å². The van der Waals surface area contributed by atoms with E-state index in [-0.39, 0.29) is 17.6 Å². The van der Waals surface area contributed by atoms with Gasteiger partial charge in [0, 0.05) is 25.1 Å². The molecule has 1 amide bonds. The van der Waals surface area contributed by atoms with Gasteiger partial charge in [-0.25, -0.2) is 0 Å². The van der Waals surface area contributed by atoms with E-state index in [1.807, 2.05) is 0 Å². The summed E-state index contributed by atoms with van der Waals surface area (Å²) >= 11 is 0. The van der Waals surface area contributed by atoms with Crippen molar-refractivity contribution in [1.82, 2.24) is 4.90 Å². The van der Waals surface area contributed by atoms with Crippen molar-refractivity contribution in [1.29, 1.82) is 0 Å². The minimum absolute atomic E-state index is 0.00358. The summed E-state index contributed by atoms with van der Waals surface area (Å²) < 4.78 is 0. The highest BCUT2D eigenvalue weighted by Crippen LogP contribution is 2.27. The summed E-state index contributed by atoms with van der Waals surface area (Å²) in [6.07, 6.45) is 2.48. The minimum Gasteiger partial charge on any atom is -0.388 e. The Hall–Kier alpha value is -1.95. The predicted octanol–water partition coefficient (Wildman–Crippen LogP) is 2.29. The van der Waals surface area contributed by atoms with Crippen LogP contribution in [0.3, 0.4) is 0 Å². The average Bonchev–Trinajstić information content (AvgIpc) is 2.94. The third kappa shape index (κ3) is 3.82. The number of rotatable bonds is 5. The van der Waals surface area contributed by atoms with Crippen LogP contribution in [0.25, 0.3) is 0 Å². The first-order valence-corrected chi connectivity index (χ1v) is 7.54. The molecule has 1 N–H and O–H groups in total. The van der Waals surface area contributed by atoms with Gasteiger partial charge in [-0.3, -0.25) is 14.9 Å². The van der Waals surface area contributed by atoms with Gasteiger partial charge in [0.2, 0.25) is 5.91 Å². The Morgan fingerprint density at radius 1 is 1.50 bits per heavy atom. The molecule has 1 heterocycles. The van der Waals surface area contributed by atoms with Crippen molar-refractivity contribution in [3.63, 3.8) is 0 Å². The molecule has 1 fully saturated rings. The molecule has 0 aliphatic carbocycles. The summed E-state index contributed by atoms with van der Waals surface area (Å²) in [6, 6.07) is 6.22. The number of nitro groups is 1. The van der Waals surface area contributed by atoms with Gasteiger partial charge in [-0.15, -0.1) is 0 Å². The standard InChI is InChI=1S/C16H22N2O4/c1-16(2,20)14-7-4-10-17(14)15(19)9-8-12-5-3-6-13(11-12)18(21)22/h3,5-6,11,14,20H,4,7-10H2,1-2H3/t14-/m0/s1. The third-order valence-electron chi connectivity index (χ3n) is 4.14. The highest BCUT2D eigenvalue weighted by molar-refractivity contribution is 5.77. The monoisotopic (exact) mass is 306 g/mol. The summed E-state index contributed by atoms with van der Waals surface area (Å²) in [4.78, 5) is 24.4. The first kappa shape index (κ1) is 16.4. The van der Waals surface area contributed by atoms with Gasteiger partial charge in [0.25, 0.3) is 5.69 Å². The lowest BCUT2D eigenvalue weighted by Crippen LogP contribution is -2.48. The molecule has 6 heteroatoms. The molecular formula is C16H22N2O4. The summed E-state index contributed by atoms with van der Waals surface area (Å²) in [5.41, 5.74) is -0.0837. The lowest BCUT2D eigenvalue weighted by Gasteiger charge is -2.33. The first-order chi connectivity index (χ1) is 10.3. The van der Waals surface area contributed by atoms with Crippen molar-refractivity contribution in [2.75, 3.05) is 6.54 Å². The molecule has 0 radical (unpaired) electrons. The van der Waals surface area contributed by atoms with E-state index < -0.39 is 10.5 Å². The van der Waals surface area contributed by atoms with E-state index in [1.54, 1.807) is 30.9 Å². The quantitative estimate of drug-likeness (QED) is 0.668. The number of aliphatic hydroxyl groups is 1. The molecule has 0 spiro atoms. The number of benzene rings is 1. The van der Waals surface area contributed by atoms with E-state index in [9.17, 15) is 20.0 Å². The van der Waals surface area contributed by atoms with Crippen molar-refractivity contribution >= 4 is 11.6 Å². The smallest absolute Gasteiger partial charge is 0.269 e. The molecule has 2 rings (SSSR count). The number of hydrogen-bond acceptors (Lipinski definition) is 4. The Labute approximate surface area is 129 Å². The van der Waals surface area contributed by atoms with Crippen LogP contribution in [0, 0.1) is 10.1 Å². The van der Waals surface area contributed by atoms with E-state index >= 15 is 0 Å². The van der Waals surface area contributed by atoms with Crippen molar-refractivity contribution < 1.29 is 14.8 Å². The number of carbonyl (C=O) groups excluding carboxylic acids is 1. The number of hydrogen-bond donors (Lipinski definition) is 1. The summed E-state index contributed by atoms with van der Waals surface area (Å²) in [6.45, 7) is 4.12. The lowest BCUT2D eigenvalue weighted by atomic mass is 9.96. The van der Waals surface area contributed by atoms with Crippen LogP contribution in [0.4, 0.5) is 5.69 Å². The molecule has 22 heavy (non-hydrogen) atoms. The zero-order chi connectivity index (χ0) is 16.3. The molecule has 1 aromatic rings. The number of amides is 1. The SMILES string of the molecule is CC(C)(O)[C@@H]1CCCN1C(=O)CCc1cccc([N+](=O)[O-])c1. The molecule has 1 saturated heterocycles. The van der Waals surface area contributed by atoms with E-state index in [2.05, 4.69) is 0 Å². The topological polar surface area (TPSA) is 83.7 Å². The second kappa shape index (κ2) is 6.44. The Morgan fingerprint density at radius 3 is 2.86 bits per heavy atom. The van der Waals surface area contributed by atoms with Gasteiger partial charge < -0.3 is 10.0 Å². The second-order valence-electron chi connectivity index (χ2n) is 6.33. The number of non-ortho nitro benzene ring substituents is 1. The van der Waals surface area contributed by atoms with Crippen LogP contribution in [-0.2, 0) is 11.2 Å². The fraction of sp³-hybridized carbons (Fsp3) is 0.562. The largest absolute Gasteiger partial charge is 0.388 e. The zero-order valence-electron chi connectivity index (χ0n) is 13.0. The molecule has 0 aromatic heterocycles. The van der Waals surface area contributed by atoms with Crippen LogP contribution in [0.15, 0.2) is 24.3 Å². The van der Waals surface area contributed by atoms with Gasteiger partial charge in [-0.2, -0.15) is 0 Å². The van der Waals surface area contributed by atoms with Gasteiger partial charge >= 0.3 is 0 Å². The summed E-state index contributed by atoms with van der Waals surface area (Å²) in [7, 11) is 0. The average molecular weight is 306 g/mol. The van der Waals surface area contributed by atoms with Gasteiger partial charge in [-0.1, -0.05) is 12.1 Å². The fourth-order valence-corrected chi connectivity index (χ4v) is 3.02. The van der Waals surface area contributed by atoms with Crippen molar-refractivity contribution in [2.45, 2.75) is 51.2 Å². The van der Waals surface area contributed by atoms with Gasteiger partial charge in [0.1, 0.15) is 0 Å². The van der Waals surface area contributed by atoms with Gasteiger partial charge in [-0.05, 0) is 38.7 Å². The van der Waals surface area contributed by atoms with Gasteiger partial charge in [0.05, 0.1) is 16.6 Å². The first-order valence-electron chi connectivity index (χ1n) is 7.54. The van der Waals surface area contributed by atoms with Crippen molar-refractivity contribution in [3.8, 4) is 0 Å². The van der Waals surface area contributed by atoms with Crippen LogP contribution in [0.5, 0.6) is 0 Å². The normalized spacial score (nSPS) is 18.5. The maximum Gasteiger partial charge on any atom is 0.269 e. The van der Waals surface area contributed by atoms with Crippen LogP contribution in [0.2, 0.25) is 0 Å². The summed E-state index contributed by atoms with van der Waals surface area (Å²) in [5.74, 6) is -0.00358. The third-order valence-corrected chi connectivity index (χ3v) is 4.14. The fourth-order valence-electron chi connectivity index (χ4n) is 3.02.